The second-order valence-electron chi connectivity index (χ2n) is 4.48. The minimum Gasteiger partial charge on any atom is -0.397 e. The first-order valence-corrected chi connectivity index (χ1v) is 6.04. The maximum atomic E-state index is 5.87. The molecule has 0 saturated carbocycles. The van der Waals surface area contributed by atoms with Crippen molar-refractivity contribution < 1.29 is 0 Å². The van der Waals surface area contributed by atoms with Gasteiger partial charge in [-0.1, -0.05) is 30.3 Å². The molecular formula is C15H15N3. The molecule has 0 aromatic heterocycles. The van der Waals surface area contributed by atoms with Gasteiger partial charge < -0.3 is 11.5 Å². The van der Waals surface area contributed by atoms with E-state index in [2.05, 4.69) is 23.2 Å². The van der Waals surface area contributed by atoms with Gasteiger partial charge in [0.25, 0.3) is 0 Å². The Bertz CT molecular complexity index is 629. The van der Waals surface area contributed by atoms with E-state index in [1.807, 2.05) is 24.3 Å². The van der Waals surface area contributed by atoms with Gasteiger partial charge in [0.15, 0.2) is 0 Å². The van der Waals surface area contributed by atoms with E-state index in [-0.39, 0.29) is 0 Å². The lowest BCUT2D eigenvalue weighted by molar-refractivity contribution is 0.944. The molecule has 0 saturated heterocycles. The van der Waals surface area contributed by atoms with Crippen LogP contribution in [0.4, 0.5) is 11.4 Å². The van der Waals surface area contributed by atoms with Gasteiger partial charge >= 0.3 is 0 Å². The van der Waals surface area contributed by atoms with Gasteiger partial charge in [-0.3, -0.25) is 4.99 Å². The zero-order chi connectivity index (χ0) is 12.5. The monoisotopic (exact) mass is 237 g/mol. The second-order valence-corrected chi connectivity index (χ2v) is 4.48. The van der Waals surface area contributed by atoms with E-state index in [0.29, 0.717) is 11.4 Å². The van der Waals surface area contributed by atoms with Gasteiger partial charge in [-0.25, -0.2) is 0 Å². The Morgan fingerprint density at radius 3 is 2.61 bits per heavy atom. The molecule has 0 radical (unpaired) electrons. The summed E-state index contributed by atoms with van der Waals surface area (Å²) in [6, 6.07) is 14.1. The van der Waals surface area contributed by atoms with Crippen molar-refractivity contribution in [2.24, 2.45) is 4.99 Å². The molecule has 3 rings (SSSR count). The lowest BCUT2D eigenvalue weighted by Crippen LogP contribution is -2.14. The number of rotatable bonds is 1. The molecular weight excluding hydrogens is 222 g/mol. The molecule has 4 N–H and O–H groups in total. The van der Waals surface area contributed by atoms with Gasteiger partial charge in [-0.2, -0.15) is 0 Å². The van der Waals surface area contributed by atoms with Crippen LogP contribution in [0.5, 0.6) is 0 Å². The summed E-state index contributed by atoms with van der Waals surface area (Å²) in [7, 11) is 0. The maximum absolute atomic E-state index is 5.87. The fraction of sp³-hybridized carbons (Fsp3) is 0.133. The number of anilines is 2. The quantitative estimate of drug-likeness (QED) is 0.747. The Hall–Kier alpha value is -2.29. The number of hydrogen-bond donors (Lipinski definition) is 2. The normalized spacial score (nSPS) is 13.9. The molecule has 1 heterocycles. The Kier molecular flexibility index (Phi) is 2.52. The van der Waals surface area contributed by atoms with Crippen LogP contribution in [0, 0.1) is 0 Å². The van der Waals surface area contributed by atoms with E-state index in [1.54, 1.807) is 0 Å². The minimum absolute atomic E-state index is 0.609. The summed E-state index contributed by atoms with van der Waals surface area (Å²) >= 11 is 0. The lowest BCUT2D eigenvalue weighted by Gasteiger charge is -2.17. The summed E-state index contributed by atoms with van der Waals surface area (Å²) in [5.74, 6) is 0. The van der Waals surface area contributed by atoms with Gasteiger partial charge in [-0.15, -0.1) is 0 Å². The molecule has 0 atom stereocenters. The zero-order valence-corrected chi connectivity index (χ0v) is 10.1. The highest BCUT2D eigenvalue weighted by molar-refractivity contribution is 6.14. The van der Waals surface area contributed by atoms with Crippen molar-refractivity contribution in [1.82, 2.24) is 0 Å². The largest absolute Gasteiger partial charge is 0.397 e. The molecule has 0 fully saturated rings. The van der Waals surface area contributed by atoms with Crippen molar-refractivity contribution in [3.8, 4) is 0 Å². The highest BCUT2D eigenvalue weighted by Crippen LogP contribution is 2.23. The predicted molar refractivity (Wildman–Crippen MR) is 75.9 cm³/mol. The Balaban J connectivity index is 2.12. The average Bonchev–Trinajstić information content (AvgIpc) is 2.41. The lowest BCUT2D eigenvalue weighted by atomic mass is 9.93. The highest BCUT2D eigenvalue weighted by atomic mass is 14.8. The van der Waals surface area contributed by atoms with Crippen LogP contribution < -0.4 is 11.5 Å². The van der Waals surface area contributed by atoms with E-state index in [1.165, 1.54) is 11.1 Å². The van der Waals surface area contributed by atoms with Crippen molar-refractivity contribution in [2.45, 2.75) is 6.42 Å². The topological polar surface area (TPSA) is 64.4 Å². The summed E-state index contributed by atoms with van der Waals surface area (Å²) < 4.78 is 0. The predicted octanol–water partition coefficient (Wildman–Crippen LogP) is 2.24. The molecule has 18 heavy (non-hydrogen) atoms. The van der Waals surface area contributed by atoms with Gasteiger partial charge in [0.05, 0.1) is 17.1 Å². The minimum atomic E-state index is 0.609. The Morgan fingerprint density at radius 1 is 0.944 bits per heavy atom. The number of hydrogen-bond acceptors (Lipinski definition) is 3. The molecule has 90 valence electrons. The van der Waals surface area contributed by atoms with Crippen LogP contribution in [0.2, 0.25) is 0 Å². The van der Waals surface area contributed by atoms with E-state index >= 15 is 0 Å². The number of benzene rings is 2. The van der Waals surface area contributed by atoms with Crippen LogP contribution in [0.1, 0.15) is 16.7 Å². The van der Waals surface area contributed by atoms with E-state index < -0.39 is 0 Å². The van der Waals surface area contributed by atoms with Crippen LogP contribution >= 0.6 is 0 Å². The average molecular weight is 237 g/mol. The third kappa shape index (κ3) is 1.74. The van der Waals surface area contributed by atoms with Crippen LogP contribution in [0.15, 0.2) is 47.5 Å². The Labute approximate surface area is 106 Å². The number of aliphatic imine (C=N–C) groups is 1. The molecule has 0 spiro atoms. The fourth-order valence-corrected chi connectivity index (χ4v) is 2.31. The van der Waals surface area contributed by atoms with Crippen LogP contribution in [0.3, 0.4) is 0 Å². The summed E-state index contributed by atoms with van der Waals surface area (Å²) in [6.45, 7) is 0.830. The fourth-order valence-electron chi connectivity index (χ4n) is 2.31. The summed E-state index contributed by atoms with van der Waals surface area (Å²) in [5, 5.41) is 0. The second kappa shape index (κ2) is 4.18. The smallest absolute Gasteiger partial charge is 0.0722 e. The maximum Gasteiger partial charge on any atom is 0.0722 e. The molecule has 1 aliphatic heterocycles. The SMILES string of the molecule is Nc1ccc(C2=NCCc3ccccc32)cc1N. The molecule has 2 aromatic carbocycles. The Morgan fingerprint density at radius 2 is 1.78 bits per heavy atom. The number of nitrogen functional groups attached to an aromatic ring is 2. The molecule has 0 unspecified atom stereocenters. The van der Waals surface area contributed by atoms with Crippen LogP contribution in [-0.2, 0) is 6.42 Å². The van der Waals surface area contributed by atoms with Gasteiger partial charge in [-0.05, 0) is 24.1 Å². The molecule has 0 bridgehead atoms. The highest BCUT2D eigenvalue weighted by Gasteiger charge is 2.15. The van der Waals surface area contributed by atoms with Crippen molar-refractivity contribution in [3.63, 3.8) is 0 Å². The number of nitrogens with two attached hydrogens (primary N) is 2. The van der Waals surface area contributed by atoms with E-state index in [4.69, 9.17) is 11.5 Å². The first-order valence-electron chi connectivity index (χ1n) is 6.04. The van der Waals surface area contributed by atoms with Crippen molar-refractivity contribution in [2.75, 3.05) is 18.0 Å². The first kappa shape index (κ1) is 10.8. The van der Waals surface area contributed by atoms with Crippen molar-refractivity contribution >= 4 is 17.1 Å². The molecule has 1 aliphatic rings. The third-order valence-corrected chi connectivity index (χ3v) is 3.28. The summed E-state index contributed by atoms with van der Waals surface area (Å²) in [6.07, 6.45) is 1.00. The van der Waals surface area contributed by atoms with Crippen molar-refractivity contribution in [1.29, 1.82) is 0 Å². The molecule has 0 amide bonds. The zero-order valence-electron chi connectivity index (χ0n) is 10.1. The number of nitrogens with zero attached hydrogens (tertiary/aromatic N) is 1. The van der Waals surface area contributed by atoms with Crippen LogP contribution in [0.25, 0.3) is 0 Å². The number of fused-ring (bicyclic) bond motifs is 1. The van der Waals surface area contributed by atoms with E-state index in [9.17, 15) is 0 Å². The molecule has 3 nitrogen and oxygen atoms in total. The van der Waals surface area contributed by atoms with Crippen LogP contribution in [-0.4, -0.2) is 12.3 Å². The van der Waals surface area contributed by atoms with E-state index in [0.717, 1.165) is 24.2 Å². The first-order chi connectivity index (χ1) is 8.75. The van der Waals surface area contributed by atoms with Crippen molar-refractivity contribution in [3.05, 3.63) is 59.2 Å². The molecule has 3 heteroatoms. The summed E-state index contributed by atoms with van der Waals surface area (Å²) in [5.41, 5.74) is 17.4. The molecule has 2 aromatic rings. The van der Waals surface area contributed by atoms with Gasteiger partial charge in [0.2, 0.25) is 0 Å². The van der Waals surface area contributed by atoms with Gasteiger partial charge in [0, 0.05) is 17.7 Å². The van der Waals surface area contributed by atoms with Gasteiger partial charge in [0.1, 0.15) is 0 Å². The summed E-state index contributed by atoms with van der Waals surface area (Å²) in [4.78, 5) is 4.63. The third-order valence-electron chi connectivity index (χ3n) is 3.28. The standard InChI is InChI=1S/C15H15N3/c16-13-6-5-11(9-14(13)17)15-12-4-2-1-3-10(12)7-8-18-15/h1-6,9H,7-8,16-17H2. The molecule has 0 aliphatic carbocycles.